The fourth-order valence-electron chi connectivity index (χ4n) is 4.27. The molecule has 2 fully saturated rings. The smallest absolute Gasteiger partial charge is 0.332 e. The summed E-state index contributed by atoms with van der Waals surface area (Å²) in [6, 6.07) is 10.5. The molecule has 10 nitrogen and oxygen atoms in total. The van der Waals surface area contributed by atoms with Crippen molar-refractivity contribution in [3.05, 3.63) is 53.9 Å². The number of amides is 3. The van der Waals surface area contributed by atoms with E-state index in [1.165, 1.54) is 0 Å². The fraction of sp³-hybridized carbons (Fsp3) is 0.480. The van der Waals surface area contributed by atoms with Gasteiger partial charge in [-0.05, 0) is 43.0 Å². The molecule has 3 amide bonds. The van der Waals surface area contributed by atoms with Crippen molar-refractivity contribution in [3.8, 4) is 0 Å². The number of pyridine rings is 1. The predicted molar refractivity (Wildman–Crippen MR) is 135 cm³/mol. The van der Waals surface area contributed by atoms with Gasteiger partial charge in [-0.3, -0.25) is 20.1 Å². The summed E-state index contributed by atoms with van der Waals surface area (Å²) in [5.74, 6) is -0.330. The van der Waals surface area contributed by atoms with Gasteiger partial charge in [-0.1, -0.05) is 18.2 Å². The Kier molecular flexibility index (Phi) is 8.88. The zero-order valence-electron chi connectivity index (χ0n) is 20.1. The van der Waals surface area contributed by atoms with Crippen molar-refractivity contribution in [2.45, 2.75) is 25.8 Å². The number of anilines is 2. The van der Waals surface area contributed by atoms with Crippen LogP contribution in [0.5, 0.6) is 0 Å². The number of morpholine rings is 1. The van der Waals surface area contributed by atoms with Crippen molar-refractivity contribution < 1.29 is 14.3 Å². The van der Waals surface area contributed by atoms with Crippen molar-refractivity contribution in [2.24, 2.45) is 0 Å². The lowest BCUT2D eigenvalue weighted by atomic mass is 10.2. The maximum atomic E-state index is 13.0. The number of benzene rings is 1. The number of nitrogens with one attached hydrogen (secondary N) is 2. The highest BCUT2D eigenvalue weighted by molar-refractivity contribution is 6.04. The van der Waals surface area contributed by atoms with Crippen LogP contribution in [0.25, 0.3) is 0 Å². The number of para-hydroxylation sites is 2. The summed E-state index contributed by atoms with van der Waals surface area (Å²) in [6.07, 6.45) is 4.72. The summed E-state index contributed by atoms with van der Waals surface area (Å²) in [7, 11) is 0. The molecule has 2 aliphatic rings. The second-order valence-electron chi connectivity index (χ2n) is 8.93. The third kappa shape index (κ3) is 7.38. The highest BCUT2D eigenvalue weighted by Gasteiger charge is 2.20. The van der Waals surface area contributed by atoms with E-state index in [1.54, 1.807) is 24.4 Å². The Bertz CT molecular complexity index is 973. The number of aromatic nitrogens is 1. The fourth-order valence-corrected chi connectivity index (χ4v) is 4.27. The van der Waals surface area contributed by atoms with Gasteiger partial charge in [0.15, 0.2) is 0 Å². The number of nitrogens with two attached hydrogens (primary N) is 1. The lowest BCUT2D eigenvalue weighted by molar-refractivity contribution is 0.0363. The van der Waals surface area contributed by atoms with Gasteiger partial charge in [0.05, 0.1) is 24.6 Å². The Balaban J connectivity index is 1.35. The molecule has 0 bridgehead atoms. The summed E-state index contributed by atoms with van der Waals surface area (Å²) in [6.45, 7) is 7.13. The average molecular weight is 482 g/mol. The standard InChI is InChI=1S/C25H35N7O3/c26-21-6-1-2-7-22(21)28-24(33)23-9-8-20(18-27-23)19-31(25(34)29-32-12-3-4-13-32)11-5-10-30-14-16-35-17-15-30/h1-2,6-9,18H,3-5,10-17,19,26H2,(H,28,33)(H,29,34). The number of nitrogens with zero attached hydrogens (tertiary/aromatic N) is 4. The van der Waals surface area contributed by atoms with E-state index in [-0.39, 0.29) is 17.6 Å². The molecule has 2 saturated heterocycles. The maximum Gasteiger partial charge on any atom is 0.332 e. The lowest BCUT2D eigenvalue weighted by Gasteiger charge is -2.29. The average Bonchev–Trinajstić information content (AvgIpc) is 3.39. The SMILES string of the molecule is Nc1ccccc1NC(=O)c1ccc(CN(CCCN2CCOCC2)C(=O)NN2CCCC2)cn1. The lowest BCUT2D eigenvalue weighted by Crippen LogP contribution is -2.48. The number of urea groups is 1. The molecule has 1 aromatic heterocycles. The van der Waals surface area contributed by atoms with Crippen LogP contribution in [0.15, 0.2) is 42.6 Å². The van der Waals surface area contributed by atoms with Gasteiger partial charge in [0, 0.05) is 52.0 Å². The third-order valence-corrected chi connectivity index (χ3v) is 6.29. The number of ether oxygens (including phenoxy) is 1. The van der Waals surface area contributed by atoms with E-state index >= 15 is 0 Å². The number of hydrogen-bond acceptors (Lipinski definition) is 7. The van der Waals surface area contributed by atoms with Crippen LogP contribution < -0.4 is 16.5 Å². The summed E-state index contributed by atoms with van der Waals surface area (Å²) in [5.41, 5.74) is 11.1. The van der Waals surface area contributed by atoms with Gasteiger partial charge in [-0.2, -0.15) is 0 Å². The Labute approximate surface area is 206 Å². The highest BCUT2D eigenvalue weighted by Crippen LogP contribution is 2.17. The number of hydrogen-bond donors (Lipinski definition) is 3. The first-order chi connectivity index (χ1) is 17.1. The molecule has 0 spiro atoms. The normalized spacial score (nSPS) is 16.7. The van der Waals surface area contributed by atoms with E-state index in [0.717, 1.165) is 70.8 Å². The highest BCUT2D eigenvalue weighted by atomic mass is 16.5. The van der Waals surface area contributed by atoms with Crippen molar-refractivity contribution in [2.75, 3.05) is 63.5 Å². The van der Waals surface area contributed by atoms with Crippen molar-refractivity contribution in [1.29, 1.82) is 0 Å². The molecule has 10 heteroatoms. The van der Waals surface area contributed by atoms with E-state index in [0.29, 0.717) is 24.5 Å². The van der Waals surface area contributed by atoms with E-state index in [4.69, 9.17) is 10.5 Å². The Morgan fingerprint density at radius 2 is 1.83 bits per heavy atom. The van der Waals surface area contributed by atoms with Crippen molar-refractivity contribution in [3.63, 3.8) is 0 Å². The number of nitrogen functional groups attached to an aromatic ring is 1. The summed E-state index contributed by atoms with van der Waals surface area (Å²) in [4.78, 5) is 34.1. The molecule has 0 atom stereocenters. The predicted octanol–water partition coefficient (Wildman–Crippen LogP) is 2.16. The minimum absolute atomic E-state index is 0.102. The molecule has 2 aromatic rings. The van der Waals surface area contributed by atoms with Crippen LogP contribution in [0.4, 0.5) is 16.2 Å². The van der Waals surface area contributed by atoms with E-state index in [2.05, 4.69) is 20.6 Å². The number of carbonyl (C=O) groups excluding carboxylic acids is 2. The number of rotatable bonds is 9. The molecule has 0 saturated carbocycles. The summed E-state index contributed by atoms with van der Waals surface area (Å²) in [5, 5.41) is 4.77. The Hall–Kier alpha value is -3.21. The first kappa shape index (κ1) is 24.9. The Morgan fingerprint density at radius 3 is 2.54 bits per heavy atom. The van der Waals surface area contributed by atoms with Gasteiger partial charge in [-0.15, -0.1) is 0 Å². The molecular weight excluding hydrogens is 446 g/mol. The molecule has 0 aliphatic carbocycles. The molecule has 3 heterocycles. The van der Waals surface area contributed by atoms with Gasteiger partial charge < -0.3 is 20.7 Å². The van der Waals surface area contributed by atoms with Gasteiger partial charge in [0.1, 0.15) is 5.69 Å². The monoisotopic (exact) mass is 481 g/mol. The van der Waals surface area contributed by atoms with E-state index in [1.807, 2.05) is 28.1 Å². The quantitative estimate of drug-likeness (QED) is 0.470. The van der Waals surface area contributed by atoms with Crippen molar-refractivity contribution in [1.82, 2.24) is 25.2 Å². The molecule has 4 N–H and O–H groups in total. The number of hydrazine groups is 1. The van der Waals surface area contributed by atoms with E-state index in [9.17, 15) is 9.59 Å². The van der Waals surface area contributed by atoms with Gasteiger partial charge in [0.25, 0.3) is 5.91 Å². The topological polar surface area (TPSA) is 116 Å². The second kappa shape index (κ2) is 12.5. The summed E-state index contributed by atoms with van der Waals surface area (Å²) >= 11 is 0. The maximum absolute atomic E-state index is 13.0. The van der Waals surface area contributed by atoms with Crippen LogP contribution >= 0.6 is 0 Å². The molecule has 2 aliphatic heterocycles. The Morgan fingerprint density at radius 1 is 1.06 bits per heavy atom. The summed E-state index contributed by atoms with van der Waals surface area (Å²) < 4.78 is 5.42. The molecular formula is C25H35N7O3. The van der Waals surface area contributed by atoms with Crippen LogP contribution in [0.3, 0.4) is 0 Å². The molecule has 35 heavy (non-hydrogen) atoms. The first-order valence-electron chi connectivity index (χ1n) is 12.3. The van der Waals surface area contributed by atoms with Crippen LogP contribution in [0.2, 0.25) is 0 Å². The van der Waals surface area contributed by atoms with Crippen molar-refractivity contribution >= 4 is 23.3 Å². The van der Waals surface area contributed by atoms with Gasteiger partial charge in [0.2, 0.25) is 0 Å². The minimum Gasteiger partial charge on any atom is -0.397 e. The van der Waals surface area contributed by atoms with Gasteiger partial charge >= 0.3 is 6.03 Å². The number of carbonyl (C=O) groups is 2. The van der Waals surface area contributed by atoms with E-state index < -0.39 is 0 Å². The van der Waals surface area contributed by atoms with Crippen LogP contribution in [-0.4, -0.2) is 84.2 Å². The van der Waals surface area contributed by atoms with Crippen LogP contribution in [0, 0.1) is 0 Å². The van der Waals surface area contributed by atoms with Crippen LogP contribution in [-0.2, 0) is 11.3 Å². The minimum atomic E-state index is -0.330. The molecule has 1 aromatic carbocycles. The first-order valence-corrected chi connectivity index (χ1v) is 12.3. The zero-order chi connectivity index (χ0) is 24.5. The molecule has 188 valence electrons. The molecule has 0 radical (unpaired) electrons. The molecule has 0 unspecified atom stereocenters. The van der Waals surface area contributed by atoms with Crippen LogP contribution in [0.1, 0.15) is 35.3 Å². The second-order valence-corrected chi connectivity index (χ2v) is 8.93. The third-order valence-electron chi connectivity index (χ3n) is 6.29. The largest absolute Gasteiger partial charge is 0.397 e. The molecule has 4 rings (SSSR count). The van der Waals surface area contributed by atoms with Gasteiger partial charge in [-0.25, -0.2) is 9.80 Å². The zero-order valence-corrected chi connectivity index (χ0v) is 20.1.